The second kappa shape index (κ2) is 11.6. The van der Waals surface area contributed by atoms with Crippen molar-refractivity contribution in [2.45, 2.75) is 69.0 Å². The maximum absolute atomic E-state index is 11.4. The summed E-state index contributed by atoms with van der Waals surface area (Å²) >= 11 is 2.78. The molecule has 1 N–H and O–H groups in total. The van der Waals surface area contributed by atoms with Gasteiger partial charge in [-0.25, -0.2) is 15.0 Å². The number of rotatable bonds is 12. The monoisotopic (exact) mass is 484 g/mol. The number of aromatic nitrogens is 3. The van der Waals surface area contributed by atoms with Gasteiger partial charge in [-0.05, 0) is 43.4 Å². The first-order valence-electron chi connectivity index (χ1n) is 11.3. The molecule has 176 valence electrons. The predicted molar refractivity (Wildman–Crippen MR) is 136 cm³/mol. The number of aliphatic carboxylic acids is 1. The maximum atomic E-state index is 11.4. The normalized spacial score (nSPS) is 11.5. The topological polar surface area (TPSA) is 79.2 Å². The molecule has 0 atom stereocenters. The van der Waals surface area contributed by atoms with Gasteiger partial charge in [0.1, 0.15) is 4.75 Å². The van der Waals surface area contributed by atoms with Gasteiger partial charge in [-0.1, -0.05) is 56.3 Å². The highest BCUT2D eigenvalue weighted by Gasteiger charge is 2.29. The molecule has 0 bridgehead atoms. The Morgan fingerprint density at radius 2 is 1.73 bits per heavy atom. The van der Waals surface area contributed by atoms with Gasteiger partial charge in [0.15, 0.2) is 4.34 Å². The van der Waals surface area contributed by atoms with Crippen molar-refractivity contribution in [1.82, 2.24) is 15.0 Å². The fraction of sp³-hybridized carbons (Fsp3) is 0.440. The van der Waals surface area contributed by atoms with Crippen molar-refractivity contribution in [3.05, 3.63) is 64.4 Å². The first kappa shape index (κ1) is 25.2. The van der Waals surface area contributed by atoms with E-state index in [1.165, 1.54) is 34.2 Å². The van der Waals surface area contributed by atoms with Crippen LogP contribution in [0.1, 0.15) is 56.5 Å². The van der Waals surface area contributed by atoms with Crippen LogP contribution in [0.15, 0.2) is 46.4 Å². The molecule has 0 saturated carbocycles. The molecule has 0 spiro atoms. The van der Waals surface area contributed by atoms with Crippen LogP contribution in [-0.2, 0) is 30.6 Å². The molecule has 0 fully saturated rings. The average Bonchev–Trinajstić information content (AvgIpc) is 3.24. The number of anilines is 1. The summed E-state index contributed by atoms with van der Waals surface area (Å²) < 4.78 is -0.126. The summed E-state index contributed by atoms with van der Waals surface area (Å²) in [5, 5.41) is 11.4. The first-order valence-corrected chi connectivity index (χ1v) is 13.0. The molecule has 0 saturated heterocycles. The van der Waals surface area contributed by atoms with E-state index in [0.29, 0.717) is 5.95 Å². The van der Waals surface area contributed by atoms with Crippen molar-refractivity contribution in [2.24, 2.45) is 0 Å². The predicted octanol–water partition coefficient (Wildman–Crippen LogP) is 5.65. The number of thioether (sulfide) groups is 1. The van der Waals surface area contributed by atoms with Crippen molar-refractivity contribution in [3.63, 3.8) is 0 Å². The molecule has 0 unspecified atom stereocenters. The van der Waals surface area contributed by atoms with Crippen molar-refractivity contribution in [3.8, 4) is 0 Å². The van der Waals surface area contributed by atoms with E-state index in [0.717, 1.165) is 54.4 Å². The van der Waals surface area contributed by atoms with Gasteiger partial charge in [-0.2, -0.15) is 0 Å². The molecule has 0 amide bonds. The summed E-state index contributed by atoms with van der Waals surface area (Å²) in [5.74, 6) is -0.130. The van der Waals surface area contributed by atoms with E-state index >= 15 is 0 Å². The Hall–Kier alpha value is -2.45. The van der Waals surface area contributed by atoms with Crippen LogP contribution in [0.4, 0.5) is 5.95 Å². The summed E-state index contributed by atoms with van der Waals surface area (Å²) in [6, 6.07) is 8.77. The van der Waals surface area contributed by atoms with Crippen LogP contribution in [0, 0.1) is 0 Å². The number of thiazole rings is 1. The summed E-state index contributed by atoms with van der Waals surface area (Å²) in [6.45, 7) is 9.13. The molecule has 33 heavy (non-hydrogen) atoms. The van der Waals surface area contributed by atoms with Gasteiger partial charge in [0, 0.05) is 37.3 Å². The number of carboxylic acid groups (broad SMARTS) is 1. The minimum Gasteiger partial charge on any atom is -0.480 e. The Bertz CT molecular complexity index is 1030. The smallest absolute Gasteiger partial charge is 0.319 e. The summed E-state index contributed by atoms with van der Waals surface area (Å²) in [6.07, 6.45) is 7.66. The zero-order valence-electron chi connectivity index (χ0n) is 19.7. The second-order valence-electron chi connectivity index (χ2n) is 8.51. The lowest BCUT2D eigenvalue weighted by Gasteiger charge is -2.22. The fourth-order valence-electron chi connectivity index (χ4n) is 3.23. The van der Waals surface area contributed by atoms with Gasteiger partial charge >= 0.3 is 5.97 Å². The highest BCUT2D eigenvalue weighted by atomic mass is 32.2. The molecule has 0 aliphatic heterocycles. The van der Waals surface area contributed by atoms with Crippen LogP contribution in [0.5, 0.6) is 0 Å². The lowest BCUT2D eigenvalue weighted by molar-refractivity contribution is -0.138. The quantitative estimate of drug-likeness (QED) is 0.333. The Morgan fingerprint density at radius 1 is 1.06 bits per heavy atom. The van der Waals surface area contributed by atoms with E-state index in [-0.39, 0.29) is 0 Å². The molecular formula is C25H32N4O2S2. The number of carboxylic acids is 1. The van der Waals surface area contributed by atoms with E-state index < -0.39 is 10.7 Å². The van der Waals surface area contributed by atoms with Crippen molar-refractivity contribution in [1.29, 1.82) is 0 Å². The highest BCUT2D eigenvalue weighted by molar-refractivity contribution is 8.02. The molecule has 3 aromatic rings. The van der Waals surface area contributed by atoms with Gasteiger partial charge in [0.05, 0.1) is 5.69 Å². The molecule has 8 heteroatoms. The summed E-state index contributed by atoms with van der Waals surface area (Å²) in [4.78, 5) is 27.5. The largest absolute Gasteiger partial charge is 0.480 e. The minimum atomic E-state index is -0.903. The molecule has 1 aromatic carbocycles. The standard InChI is InChI=1S/C25H32N4O2S2/c1-5-7-19-8-10-20(11-9-19)16-29(23-26-14-18(6-2)15-27-23)13-12-21-17-32-24(28-21)33-25(3,4)22(30)31/h8-11,14-15,17H,5-7,12-13,16H2,1-4H3,(H,30,31). The van der Waals surface area contributed by atoms with Crippen LogP contribution < -0.4 is 4.90 Å². The van der Waals surface area contributed by atoms with Crippen molar-refractivity contribution in [2.75, 3.05) is 11.4 Å². The Morgan fingerprint density at radius 3 is 2.33 bits per heavy atom. The van der Waals surface area contributed by atoms with Crippen molar-refractivity contribution >= 4 is 35.0 Å². The van der Waals surface area contributed by atoms with E-state index in [1.807, 2.05) is 17.8 Å². The number of carbonyl (C=O) groups is 1. The van der Waals surface area contributed by atoms with Gasteiger partial charge in [-0.3, -0.25) is 4.79 Å². The number of nitrogens with zero attached hydrogens (tertiary/aromatic N) is 4. The molecule has 0 radical (unpaired) electrons. The van der Waals surface area contributed by atoms with Crippen LogP contribution >= 0.6 is 23.1 Å². The van der Waals surface area contributed by atoms with Gasteiger partial charge in [0.25, 0.3) is 0 Å². The van der Waals surface area contributed by atoms with E-state index in [9.17, 15) is 9.90 Å². The van der Waals surface area contributed by atoms with Crippen LogP contribution in [0.3, 0.4) is 0 Å². The van der Waals surface area contributed by atoms with Crippen LogP contribution in [0.25, 0.3) is 0 Å². The molecular weight excluding hydrogens is 452 g/mol. The van der Waals surface area contributed by atoms with Gasteiger partial charge in [0.2, 0.25) is 5.95 Å². The van der Waals surface area contributed by atoms with E-state index in [4.69, 9.17) is 0 Å². The first-order chi connectivity index (χ1) is 15.8. The highest BCUT2D eigenvalue weighted by Crippen LogP contribution is 2.34. The molecule has 2 heterocycles. The molecule has 0 aliphatic carbocycles. The number of aryl methyl sites for hydroxylation is 2. The summed E-state index contributed by atoms with van der Waals surface area (Å²) in [7, 11) is 0. The molecule has 2 aromatic heterocycles. The Labute approximate surface area is 204 Å². The number of hydrogen-bond donors (Lipinski definition) is 1. The number of hydrogen-bond acceptors (Lipinski definition) is 7. The van der Waals surface area contributed by atoms with E-state index in [1.54, 1.807) is 13.8 Å². The molecule has 0 aliphatic rings. The maximum Gasteiger partial charge on any atom is 0.319 e. The summed E-state index contributed by atoms with van der Waals surface area (Å²) in [5.41, 5.74) is 4.64. The fourth-order valence-corrected chi connectivity index (χ4v) is 5.45. The van der Waals surface area contributed by atoms with Crippen LogP contribution in [-0.4, -0.2) is 37.3 Å². The third-order valence-electron chi connectivity index (χ3n) is 5.34. The van der Waals surface area contributed by atoms with Crippen LogP contribution in [0.2, 0.25) is 0 Å². The lowest BCUT2D eigenvalue weighted by atomic mass is 10.1. The minimum absolute atomic E-state index is 0.710. The molecule has 6 nitrogen and oxygen atoms in total. The third-order valence-corrected chi connectivity index (χ3v) is 7.52. The van der Waals surface area contributed by atoms with E-state index in [2.05, 4.69) is 58.0 Å². The van der Waals surface area contributed by atoms with Crippen molar-refractivity contribution < 1.29 is 9.90 Å². The van der Waals surface area contributed by atoms with Gasteiger partial charge in [-0.15, -0.1) is 11.3 Å². The Kier molecular flexibility index (Phi) is 8.86. The lowest BCUT2D eigenvalue weighted by Crippen LogP contribution is -2.27. The zero-order chi connectivity index (χ0) is 23.8. The second-order valence-corrected chi connectivity index (χ2v) is 11.2. The zero-order valence-corrected chi connectivity index (χ0v) is 21.4. The third kappa shape index (κ3) is 7.27. The Balaban J connectivity index is 1.72. The SMILES string of the molecule is CCCc1ccc(CN(CCc2csc(SC(C)(C)C(=O)O)n2)c2ncc(CC)cn2)cc1. The number of benzene rings is 1. The van der Waals surface area contributed by atoms with Gasteiger partial charge < -0.3 is 10.0 Å². The molecule has 3 rings (SSSR count). The average molecular weight is 485 g/mol.